The lowest BCUT2D eigenvalue weighted by molar-refractivity contribution is -0.147. The molecule has 2 fully saturated rings. The minimum atomic E-state index is -0.409. The fourth-order valence-electron chi connectivity index (χ4n) is 3.71. The molecule has 5 heteroatoms. The van der Waals surface area contributed by atoms with Gasteiger partial charge in [-0.05, 0) is 38.6 Å². The number of carbonyl (C=O) groups is 2. The summed E-state index contributed by atoms with van der Waals surface area (Å²) in [5.74, 6) is -0.252. The van der Waals surface area contributed by atoms with Crippen LogP contribution in [0.3, 0.4) is 0 Å². The van der Waals surface area contributed by atoms with E-state index in [-0.39, 0.29) is 23.9 Å². The molecule has 1 saturated heterocycles. The van der Waals surface area contributed by atoms with Gasteiger partial charge in [-0.1, -0.05) is 19.8 Å². The molecule has 2 rings (SSSR count). The molecule has 1 aliphatic carbocycles. The molecule has 0 spiro atoms. The highest BCUT2D eigenvalue weighted by Crippen LogP contribution is 2.43. The smallest absolute Gasteiger partial charge is 0.237 e. The third-order valence-corrected chi connectivity index (χ3v) is 4.99. The third kappa shape index (κ3) is 3.14. The Bertz CT molecular complexity index is 358. The second-order valence-corrected chi connectivity index (χ2v) is 6.24. The predicted octanol–water partition coefficient (Wildman–Crippen LogP) is 1.02. The van der Waals surface area contributed by atoms with Crippen LogP contribution in [0.1, 0.15) is 51.9 Å². The summed E-state index contributed by atoms with van der Waals surface area (Å²) in [7, 11) is 0. The van der Waals surface area contributed by atoms with Crippen molar-refractivity contribution in [3.05, 3.63) is 0 Å². The molecular weight excluding hydrogens is 254 g/mol. The van der Waals surface area contributed by atoms with Gasteiger partial charge in [0.15, 0.2) is 0 Å². The highest BCUT2D eigenvalue weighted by Gasteiger charge is 2.43. The van der Waals surface area contributed by atoms with Gasteiger partial charge in [0.2, 0.25) is 11.8 Å². The van der Waals surface area contributed by atoms with E-state index in [1.807, 2.05) is 0 Å². The van der Waals surface area contributed by atoms with Gasteiger partial charge in [0.05, 0.1) is 6.54 Å². The van der Waals surface area contributed by atoms with E-state index in [0.29, 0.717) is 0 Å². The summed E-state index contributed by atoms with van der Waals surface area (Å²) in [5.41, 5.74) is 5.12. The predicted molar refractivity (Wildman–Crippen MR) is 78.0 cm³/mol. The zero-order valence-corrected chi connectivity index (χ0v) is 12.5. The molecule has 20 heavy (non-hydrogen) atoms. The van der Waals surface area contributed by atoms with Crippen LogP contribution in [0.25, 0.3) is 0 Å². The van der Waals surface area contributed by atoms with Gasteiger partial charge in [0.25, 0.3) is 0 Å². The van der Waals surface area contributed by atoms with Crippen LogP contribution in [0, 0.1) is 5.41 Å². The van der Waals surface area contributed by atoms with E-state index in [4.69, 9.17) is 5.73 Å². The van der Waals surface area contributed by atoms with Crippen LogP contribution in [0.2, 0.25) is 0 Å². The van der Waals surface area contributed by atoms with Gasteiger partial charge in [0.1, 0.15) is 0 Å². The van der Waals surface area contributed by atoms with Crippen molar-refractivity contribution in [3.63, 3.8) is 0 Å². The molecule has 1 heterocycles. The van der Waals surface area contributed by atoms with Gasteiger partial charge in [-0.2, -0.15) is 0 Å². The first-order valence-electron chi connectivity index (χ1n) is 7.89. The van der Waals surface area contributed by atoms with Crippen LogP contribution in [0.4, 0.5) is 0 Å². The summed E-state index contributed by atoms with van der Waals surface area (Å²) in [6.07, 6.45) is 7.02. The van der Waals surface area contributed by atoms with Crippen LogP contribution >= 0.6 is 0 Å². The van der Waals surface area contributed by atoms with E-state index in [9.17, 15) is 9.59 Å². The molecule has 0 radical (unpaired) electrons. The Morgan fingerprint density at radius 2 is 2.00 bits per heavy atom. The molecule has 0 aromatic heterocycles. The molecule has 0 bridgehead atoms. The van der Waals surface area contributed by atoms with E-state index < -0.39 is 5.91 Å². The Labute approximate surface area is 121 Å². The molecule has 2 aliphatic rings. The number of nitrogens with one attached hydrogen (secondary N) is 1. The summed E-state index contributed by atoms with van der Waals surface area (Å²) < 4.78 is 0. The molecule has 5 nitrogen and oxygen atoms in total. The summed E-state index contributed by atoms with van der Waals surface area (Å²) in [4.78, 5) is 26.2. The maximum atomic E-state index is 13.0. The van der Waals surface area contributed by atoms with Crippen molar-refractivity contribution >= 4 is 11.8 Å². The van der Waals surface area contributed by atoms with Gasteiger partial charge >= 0.3 is 0 Å². The standard InChI is InChI=1S/C15H27N3O2/c1-2-15(7-3-4-8-15)14(20)18(11-13(16)19)12-6-5-9-17-10-12/h12,17H,2-11H2,1H3,(H2,16,19). The minimum Gasteiger partial charge on any atom is -0.368 e. The van der Waals surface area contributed by atoms with Crippen LogP contribution in [-0.4, -0.2) is 42.4 Å². The Hall–Kier alpha value is -1.10. The van der Waals surface area contributed by atoms with Gasteiger partial charge < -0.3 is 16.0 Å². The lowest BCUT2D eigenvalue weighted by Crippen LogP contribution is -2.55. The fraction of sp³-hybridized carbons (Fsp3) is 0.867. The van der Waals surface area contributed by atoms with E-state index in [0.717, 1.165) is 58.0 Å². The number of hydrogen-bond donors (Lipinski definition) is 2. The zero-order chi connectivity index (χ0) is 14.6. The summed E-state index contributed by atoms with van der Waals surface area (Å²) >= 11 is 0. The minimum absolute atomic E-state index is 0.0624. The summed E-state index contributed by atoms with van der Waals surface area (Å²) in [5, 5.41) is 3.32. The molecular formula is C15H27N3O2. The van der Waals surface area contributed by atoms with Crippen molar-refractivity contribution < 1.29 is 9.59 Å². The number of primary amides is 1. The van der Waals surface area contributed by atoms with Gasteiger partial charge in [-0.25, -0.2) is 0 Å². The highest BCUT2D eigenvalue weighted by molar-refractivity contribution is 5.88. The molecule has 1 atom stereocenters. The SMILES string of the molecule is CCC1(C(=O)N(CC(N)=O)C2CCCNC2)CCCC1. The molecule has 2 amide bonds. The molecule has 1 saturated carbocycles. The maximum Gasteiger partial charge on any atom is 0.237 e. The number of piperidine rings is 1. The third-order valence-electron chi connectivity index (χ3n) is 4.99. The lowest BCUT2D eigenvalue weighted by atomic mass is 9.81. The number of nitrogens with zero attached hydrogens (tertiary/aromatic N) is 1. The van der Waals surface area contributed by atoms with E-state index >= 15 is 0 Å². The summed E-state index contributed by atoms with van der Waals surface area (Å²) in [6.45, 7) is 3.92. The maximum absolute atomic E-state index is 13.0. The molecule has 3 N–H and O–H groups in total. The van der Waals surface area contributed by atoms with Gasteiger partial charge in [-0.3, -0.25) is 9.59 Å². The number of hydrogen-bond acceptors (Lipinski definition) is 3. The monoisotopic (exact) mass is 281 g/mol. The van der Waals surface area contributed by atoms with Gasteiger partial charge in [-0.15, -0.1) is 0 Å². The second-order valence-electron chi connectivity index (χ2n) is 6.24. The Morgan fingerprint density at radius 1 is 1.30 bits per heavy atom. The van der Waals surface area contributed by atoms with Crippen LogP contribution in [0.15, 0.2) is 0 Å². The second kappa shape index (κ2) is 6.57. The first kappa shape index (κ1) is 15.3. The van der Waals surface area contributed by atoms with Crippen molar-refractivity contribution in [1.82, 2.24) is 10.2 Å². The van der Waals surface area contributed by atoms with Crippen molar-refractivity contribution in [2.45, 2.75) is 57.9 Å². The number of amides is 2. The molecule has 1 aliphatic heterocycles. The number of rotatable bonds is 5. The topological polar surface area (TPSA) is 75.4 Å². The highest BCUT2D eigenvalue weighted by atomic mass is 16.2. The summed E-state index contributed by atoms with van der Waals surface area (Å²) in [6, 6.07) is 0.118. The van der Waals surface area contributed by atoms with Gasteiger partial charge in [0, 0.05) is 18.0 Å². The molecule has 0 aromatic carbocycles. The molecule has 0 aromatic rings. The normalized spacial score (nSPS) is 25.4. The molecule has 114 valence electrons. The zero-order valence-electron chi connectivity index (χ0n) is 12.5. The Kier molecular flexibility index (Phi) is 5.02. The quantitative estimate of drug-likeness (QED) is 0.790. The molecule has 1 unspecified atom stereocenters. The average Bonchev–Trinajstić information content (AvgIpc) is 2.95. The number of nitrogens with two attached hydrogens (primary N) is 1. The van der Waals surface area contributed by atoms with Crippen molar-refractivity contribution in [1.29, 1.82) is 0 Å². The van der Waals surface area contributed by atoms with E-state index in [1.54, 1.807) is 4.90 Å². The first-order valence-corrected chi connectivity index (χ1v) is 7.89. The van der Waals surface area contributed by atoms with Crippen molar-refractivity contribution in [2.75, 3.05) is 19.6 Å². The number of carbonyl (C=O) groups excluding carboxylic acids is 2. The Balaban J connectivity index is 2.16. The van der Waals surface area contributed by atoms with Crippen LogP contribution in [0.5, 0.6) is 0 Å². The van der Waals surface area contributed by atoms with Crippen LogP contribution in [-0.2, 0) is 9.59 Å². The lowest BCUT2D eigenvalue weighted by Gasteiger charge is -2.39. The van der Waals surface area contributed by atoms with Crippen LogP contribution < -0.4 is 11.1 Å². The van der Waals surface area contributed by atoms with E-state index in [2.05, 4.69) is 12.2 Å². The first-order chi connectivity index (χ1) is 9.59. The van der Waals surface area contributed by atoms with Crippen molar-refractivity contribution in [3.8, 4) is 0 Å². The van der Waals surface area contributed by atoms with E-state index in [1.165, 1.54) is 0 Å². The fourth-order valence-corrected chi connectivity index (χ4v) is 3.71. The Morgan fingerprint density at radius 3 is 2.50 bits per heavy atom. The largest absolute Gasteiger partial charge is 0.368 e. The average molecular weight is 281 g/mol. The van der Waals surface area contributed by atoms with Crippen molar-refractivity contribution in [2.24, 2.45) is 11.1 Å².